The molecule has 0 aliphatic carbocycles. The summed E-state index contributed by atoms with van der Waals surface area (Å²) in [6.07, 6.45) is 0. The molecule has 0 aliphatic heterocycles. The standard InChI is InChI=1S/C13H8Br2INO2/c14-9-1-7(2-10(15)5-9)13(17-16)8-3-11(18)6-12(19)4-8/h1-6,18-19H/b17-13-. The Balaban J connectivity index is 2.56. The van der Waals surface area contributed by atoms with Crippen molar-refractivity contribution in [1.29, 1.82) is 0 Å². The van der Waals surface area contributed by atoms with Crippen LogP contribution in [0.5, 0.6) is 11.5 Å². The molecule has 0 aromatic heterocycles. The third kappa shape index (κ3) is 3.70. The topological polar surface area (TPSA) is 52.8 Å². The molecule has 0 atom stereocenters. The number of halogens is 3. The Labute approximate surface area is 141 Å². The van der Waals surface area contributed by atoms with E-state index in [1.54, 1.807) is 12.1 Å². The summed E-state index contributed by atoms with van der Waals surface area (Å²) in [5.74, 6) is 0.00299. The molecular weight excluding hydrogens is 489 g/mol. The largest absolute Gasteiger partial charge is 0.508 e. The van der Waals surface area contributed by atoms with Crippen molar-refractivity contribution in [2.75, 3.05) is 0 Å². The number of hydrogen-bond acceptors (Lipinski definition) is 3. The van der Waals surface area contributed by atoms with Crippen LogP contribution in [0, 0.1) is 0 Å². The fourth-order valence-corrected chi connectivity index (χ4v) is 3.54. The van der Waals surface area contributed by atoms with Crippen molar-refractivity contribution in [3.8, 4) is 11.5 Å². The first-order chi connectivity index (χ1) is 8.99. The Morgan fingerprint density at radius 1 is 0.842 bits per heavy atom. The van der Waals surface area contributed by atoms with Crippen molar-refractivity contribution < 1.29 is 10.2 Å². The Bertz CT molecular complexity index is 565. The molecule has 0 heterocycles. The van der Waals surface area contributed by atoms with Crippen molar-refractivity contribution in [3.63, 3.8) is 0 Å². The van der Waals surface area contributed by atoms with Crippen molar-refractivity contribution in [2.24, 2.45) is 3.21 Å². The second-order valence-corrected chi connectivity index (χ2v) is 6.14. The molecule has 0 amide bonds. The highest BCUT2D eigenvalue weighted by molar-refractivity contribution is 14.1. The molecule has 0 spiro atoms. The highest BCUT2D eigenvalue weighted by Gasteiger charge is 2.11. The lowest BCUT2D eigenvalue weighted by Gasteiger charge is -2.08. The van der Waals surface area contributed by atoms with Gasteiger partial charge < -0.3 is 10.2 Å². The summed E-state index contributed by atoms with van der Waals surface area (Å²) >= 11 is 8.75. The van der Waals surface area contributed by atoms with Gasteiger partial charge in [-0.1, -0.05) is 31.9 Å². The lowest BCUT2D eigenvalue weighted by molar-refractivity contribution is 0.450. The Hall–Kier alpha value is -0.600. The van der Waals surface area contributed by atoms with E-state index in [9.17, 15) is 10.2 Å². The summed E-state index contributed by atoms with van der Waals surface area (Å²) in [6, 6.07) is 10.2. The fraction of sp³-hybridized carbons (Fsp3) is 0. The second kappa shape index (κ2) is 6.23. The first kappa shape index (κ1) is 14.8. The molecule has 3 nitrogen and oxygen atoms in total. The van der Waals surface area contributed by atoms with Crippen LogP contribution in [0.2, 0.25) is 0 Å². The third-order valence-electron chi connectivity index (χ3n) is 2.40. The fourth-order valence-electron chi connectivity index (χ4n) is 1.69. The molecule has 2 rings (SSSR count). The Morgan fingerprint density at radius 2 is 1.32 bits per heavy atom. The van der Waals surface area contributed by atoms with Gasteiger partial charge in [-0.3, -0.25) is 0 Å². The first-order valence-corrected chi connectivity index (χ1v) is 7.73. The van der Waals surface area contributed by atoms with Crippen LogP contribution in [0.4, 0.5) is 0 Å². The Morgan fingerprint density at radius 3 is 1.79 bits per heavy atom. The molecule has 19 heavy (non-hydrogen) atoms. The molecule has 0 radical (unpaired) electrons. The average molecular weight is 497 g/mol. The molecular formula is C13H8Br2INO2. The van der Waals surface area contributed by atoms with Crippen LogP contribution in [-0.2, 0) is 0 Å². The minimum absolute atomic E-state index is 0.00149. The van der Waals surface area contributed by atoms with E-state index >= 15 is 0 Å². The molecule has 0 unspecified atom stereocenters. The molecule has 6 heteroatoms. The van der Waals surface area contributed by atoms with E-state index < -0.39 is 0 Å². The minimum Gasteiger partial charge on any atom is -0.508 e. The van der Waals surface area contributed by atoms with Crippen molar-refractivity contribution in [1.82, 2.24) is 0 Å². The lowest BCUT2D eigenvalue weighted by atomic mass is 10.0. The van der Waals surface area contributed by atoms with Gasteiger partial charge in [-0.25, -0.2) is 3.21 Å². The van der Waals surface area contributed by atoms with E-state index in [-0.39, 0.29) is 11.5 Å². The van der Waals surface area contributed by atoms with Gasteiger partial charge in [0.25, 0.3) is 0 Å². The SMILES string of the molecule is Oc1cc(O)cc(/C(=N\I)c2cc(Br)cc(Br)c2)c1. The number of phenolic OH excluding ortho intramolecular Hbond substituents is 2. The number of rotatable bonds is 2. The maximum absolute atomic E-state index is 9.56. The second-order valence-electron chi connectivity index (χ2n) is 3.83. The van der Waals surface area contributed by atoms with E-state index in [4.69, 9.17) is 0 Å². The normalized spacial score (nSPS) is 11.6. The highest BCUT2D eigenvalue weighted by atomic mass is 127. The first-order valence-electron chi connectivity index (χ1n) is 5.18. The van der Waals surface area contributed by atoms with Gasteiger partial charge in [-0.15, -0.1) is 0 Å². The zero-order valence-electron chi connectivity index (χ0n) is 9.44. The monoisotopic (exact) mass is 495 g/mol. The minimum atomic E-state index is 0.00149. The highest BCUT2D eigenvalue weighted by Crippen LogP contribution is 2.26. The van der Waals surface area contributed by atoms with Crippen molar-refractivity contribution in [3.05, 3.63) is 56.5 Å². The van der Waals surface area contributed by atoms with E-state index in [0.717, 1.165) is 14.5 Å². The zero-order chi connectivity index (χ0) is 14.0. The van der Waals surface area contributed by atoms with Crippen LogP contribution in [0.25, 0.3) is 0 Å². The van der Waals surface area contributed by atoms with Crippen LogP contribution in [-0.4, -0.2) is 15.9 Å². The van der Waals surface area contributed by atoms with E-state index in [1.807, 2.05) is 41.1 Å². The molecule has 0 fully saturated rings. The summed E-state index contributed by atoms with van der Waals surface area (Å²) in [5, 5.41) is 19.1. The van der Waals surface area contributed by atoms with Crippen LogP contribution in [0.3, 0.4) is 0 Å². The van der Waals surface area contributed by atoms with Gasteiger partial charge >= 0.3 is 0 Å². The maximum Gasteiger partial charge on any atom is 0.119 e. The summed E-state index contributed by atoms with van der Waals surface area (Å²) in [5.41, 5.74) is 2.20. The predicted molar refractivity (Wildman–Crippen MR) is 91.3 cm³/mol. The number of nitrogens with zero attached hydrogens (tertiary/aromatic N) is 1. The molecule has 0 bridgehead atoms. The van der Waals surface area contributed by atoms with Gasteiger partial charge in [-0.2, -0.15) is 0 Å². The van der Waals surface area contributed by atoms with Crippen LogP contribution in [0.1, 0.15) is 11.1 Å². The van der Waals surface area contributed by atoms with Gasteiger partial charge in [0.2, 0.25) is 0 Å². The smallest absolute Gasteiger partial charge is 0.119 e. The quantitative estimate of drug-likeness (QED) is 0.463. The summed E-state index contributed by atoms with van der Waals surface area (Å²) in [6.45, 7) is 0. The summed E-state index contributed by atoms with van der Waals surface area (Å²) in [4.78, 5) is 0. The lowest BCUT2D eigenvalue weighted by Crippen LogP contribution is -2.02. The van der Waals surface area contributed by atoms with Gasteiger partial charge in [0.05, 0.1) is 28.6 Å². The molecule has 0 aliphatic rings. The average Bonchev–Trinajstić information content (AvgIpc) is 2.27. The van der Waals surface area contributed by atoms with Crippen LogP contribution < -0.4 is 0 Å². The molecule has 0 saturated heterocycles. The van der Waals surface area contributed by atoms with Gasteiger partial charge in [0.15, 0.2) is 0 Å². The summed E-state index contributed by atoms with van der Waals surface area (Å²) in [7, 11) is 0. The predicted octanol–water partition coefficient (Wildman–Crippen LogP) is 4.81. The van der Waals surface area contributed by atoms with E-state index in [0.29, 0.717) is 11.3 Å². The summed E-state index contributed by atoms with van der Waals surface area (Å²) < 4.78 is 6.05. The van der Waals surface area contributed by atoms with Crippen molar-refractivity contribution in [2.45, 2.75) is 0 Å². The van der Waals surface area contributed by atoms with Gasteiger partial charge in [0.1, 0.15) is 11.5 Å². The molecule has 0 saturated carbocycles. The van der Waals surface area contributed by atoms with E-state index in [2.05, 4.69) is 35.1 Å². The molecule has 2 aromatic rings. The number of aromatic hydroxyl groups is 2. The molecule has 2 N–H and O–H groups in total. The van der Waals surface area contributed by atoms with Crippen molar-refractivity contribution >= 4 is 60.4 Å². The number of hydrogen-bond donors (Lipinski definition) is 2. The van der Waals surface area contributed by atoms with E-state index in [1.165, 1.54) is 6.07 Å². The number of phenols is 2. The zero-order valence-corrected chi connectivity index (χ0v) is 14.8. The van der Waals surface area contributed by atoms with Gasteiger partial charge in [-0.05, 0) is 30.3 Å². The molecule has 2 aromatic carbocycles. The Kier molecular flexibility index (Phi) is 4.86. The van der Waals surface area contributed by atoms with Gasteiger partial charge in [0, 0.05) is 26.1 Å². The third-order valence-corrected chi connectivity index (χ3v) is 3.79. The maximum atomic E-state index is 9.56. The number of benzene rings is 2. The van der Waals surface area contributed by atoms with Crippen LogP contribution >= 0.6 is 54.7 Å². The molecule has 98 valence electrons. The van der Waals surface area contributed by atoms with Crippen LogP contribution in [0.15, 0.2) is 48.5 Å².